The van der Waals surface area contributed by atoms with Crippen molar-refractivity contribution in [2.24, 2.45) is 11.7 Å². The predicted molar refractivity (Wildman–Crippen MR) is 135 cm³/mol. The van der Waals surface area contributed by atoms with Crippen LogP contribution < -0.4 is 11.7 Å². The largest absolute Gasteiger partial charge is 0.389 e. The summed E-state index contributed by atoms with van der Waals surface area (Å²) < 4.78 is 36.5. The van der Waals surface area contributed by atoms with Crippen molar-refractivity contribution >= 4 is 0 Å². The van der Waals surface area contributed by atoms with Gasteiger partial charge in [0.1, 0.15) is 0 Å². The van der Waals surface area contributed by atoms with Crippen molar-refractivity contribution < 1.29 is 13.2 Å². The third kappa shape index (κ3) is 9.05. The fraction of sp³-hybridized carbons (Fsp3) is 0.571. The molecule has 0 radical (unpaired) electrons. The molecule has 1 aliphatic rings. The molecule has 2 unspecified atom stereocenters. The van der Waals surface area contributed by atoms with Gasteiger partial charge in [0.2, 0.25) is 0 Å². The van der Waals surface area contributed by atoms with E-state index in [4.69, 9.17) is 0 Å². The van der Waals surface area contributed by atoms with E-state index < -0.39 is 12.6 Å². The van der Waals surface area contributed by atoms with Crippen LogP contribution in [0.3, 0.4) is 0 Å². The standard InChI is InChI=1S/C28H38F3N.H4N2/c1-32(2)27-19-18-24(25-16-9-10-17-26(25)27)23-15-12-14-22(21-23)13-8-6-4-3-5-7-11-20-28(29,30)31;1-2/h9-10,12,14-17,21,24,27H,3-8,11,13,18-20H2,1-2H3;1-2H2. The highest BCUT2D eigenvalue weighted by Crippen LogP contribution is 2.43. The molecule has 0 bridgehead atoms. The van der Waals surface area contributed by atoms with Gasteiger partial charge in [-0.1, -0.05) is 80.6 Å². The summed E-state index contributed by atoms with van der Waals surface area (Å²) in [5.41, 5.74) is 5.77. The molecule has 2 atom stereocenters. The van der Waals surface area contributed by atoms with Crippen LogP contribution in [-0.2, 0) is 6.42 Å². The highest BCUT2D eigenvalue weighted by Gasteiger charge is 2.29. The molecule has 3 nitrogen and oxygen atoms in total. The Bertz CT molecular complexity index is 836. The van der Waals surface area contributed by atoms with Gasteiger partial charge in [-0.15, -0.1) is 0 Å². The van der Waals surface area contributed by atoms with Crippen LogP contribution in [-0.4, -0.2) is 25.2 Å². The van der Waals surface area contributed by atoms with E-state index >= 15 is 0 Å². The lowest BCUT2D eigenvalue weighted by Crippen LogP contribution is -2.26. The Balaban J connectivity index is 0.00000199. The molecular formula is C28H42F3N3. The number of alkyl halides is 3. The van der Waals surface area contributed by atoms with Gasteiger partial charge in [0.15, 0.2) is 0 Å². The Morgan fingerprint density at radius 3 is 2.06 bits per heavy atom. The van der Waals surface area contributed by atoms with Gasteiger partial charge in [-0.2, -0.15) is 13.2 Å². The lowest BCUT2D eigenvalue weighted by molar-refractivity contribution is -0.135. The Labute approximate surface area is 203 Å². The van der Waals surface area contributed by atoms with Gasteiger partial charge in [-0.3, -0.25) is 11.7 Å². The Morgan fingerprint density at radius 2 is 1.41 bits per heavy atom. The SMILES string of the molecule is CN(C)C1CCC(c2cccc(CCCCCCCCCC(F)(F)F)c2)c2ccccc21.NN. The van der Waals surface area contributed by atoms with Crippen molar-refractivity contribution in [1.29, 1.82) is 0 Å². The topological polar surface area (TPSA) is 55.3 Å². The first-order valence-corrected chi connectivity index (χ1v) is 12.6. The van der Waals surface area contributed by atoms with Crippen LogP contribution >= 0.6 is 0 Å². The highest BCUT2D eigenvalue weighted by molar-refractivity contribution is 5.42. The van der Waals surface area contributed by atoms with Crippen molar-refractivity contribution in [1.82, 2.24) is 4.90 Å². The quantitative estimate of drug-likeness (QED) is 0.203. The summed E-state index contributed by atoms with van der Waals surface area (Å²) in [6.45, 7) is 0. The smallest absolute Gasteiger partial charge is 0.302 e. The minimum atomic E-state index is -4.00. The van der Waals surface area contributed by atoms with E-state index in [1.807, 2.05) is 0 Å². The number of hydrazine groups is 1. The molecule has 0 saturated carbocycles. The van der Waals surface area contributed by atoms with Crippen LogP contribution in [0.5, 0.6) is 0 Å². The summed E-state index contributed by atoms with van der Waals surface area (Å²) in [7, 11) is 4.34. The molecule has 0 saturated heterocycles. The molecule has 0 aromatic heterocycles. The molecule has 0 heterocycles. The van der Waals surface area contributed by atoms with Crippen LogP contribution in [0.2, 0.25) is 0 Å². The predicted octanol–water partition coefficient (Wildman–Crippen LogP) is 7.26. The Kier molecular flexibility index (Phi) is 12.1. The van der Waals surface area contributed by atoms with E-state index in [2.05, 4.69) is 79.2 Å². The normalized spacial score (nSPS) is 17.8. The number of halogens is 3. The second-order valence-electron chi connectivity index (χ2n) is 9.57. The van der Waals surface area contributed by atoms with Crippen LogP contribution in [0.4, 0.5) is 13.2 Å². The number of hydrogen-bond donors (Lipinski definition) is 2. The first-order valence-electron chi connectivity index (χ1n) is 12.6. The molecule has 2 aromatic rings. The first-order chi connectivity index (χ1) is 16.3. The maximum atomic E-state index is 12.2. The van der Waals surface area contributed by atoms with E-state index in [-0.39, 0.29) is 6.42 Å². The summed E-state index contributed by atoms with van der Waals surface area (Å²) >= 11 is 0. The van der Waals surface area contributed by atoms with Crippen molar-refractivity contribution in [3.8, 4) is 0 Å². The molecular weight excluding hydrogens is 435 g/mol. The number of unbranched alkanes of at least 4 members (excludes halogenated alkanes) is 6. The molecule has 0 amide bonds. The van der Waals surface area contributed by atoms with E-state index in [1.165, 1.54) is 35.1 Å². The summed E-state index contributed by atoms with van der Waals surface area (Å²) in [6, 6.07) is 18.5. The molecule has 190 valence electrons. The van der Waals surface area contributed by atoms with Crippen LogP contribution in [0.1, 0.15) is 98.4 Å². The van der Waals surface area contributed by atoms with Crippen molar-refractivity contribution in [3.05, 3.63) is 70.8 Å². The molecule has 0 spiro atoms. The number of hydrogen-bond acceptors (Lipinski definition) is 3. The molecule has 0 fully saturated rings. The summed E-state index contributed by atoms with van der Waals surface area (Å²) in [5, 5.41) is 0. The van der Waals surface area contributed by atoms with Gasteiger partial charge < -0.3 is 4.90 Å². The fourth-order valence-electron chi connectivity index (χ4n) is 5.15. The molecule has 2 aromatic carbocycles. The zero-order valence-corrected chi connectivity index (χ0v) is 20.8. The fourth-order valence-corrected chi connectivity index (χ4v) is 5.15. The number of nitrogens with zero attached hydrogens (tertiary/aromatic N) is 1. The van der Waals surface area contributed by atoms with Gasteiger partial charge in [0.05, 0.1) is 0 Å². The Morgan fingerprint density at radius 1 is 0.794 bits per heavy atom. The average Bonchev–Trinajstić information content (AvgIpc) is 2.83. The minimum absolute atomic E-state index is 0.274. The van der Waals surface area contributed by atoms with Gasteiger partial charge in [-0.25, -0.2) is 0 Å². The lowest BCUT2D eigenvalue weighted by atomic mass is 9.76. The zero-order chi connectivity index (χ0) is 25.0. The van der Waals surface area contributed by atoms with Crippen molar-refractivity contribution in [3.63, 3.8) is 0 Å². The second-order valence-corrected chi connectivity index (χ2v) is 9.57. The maximum absolute atomic E-state index is 12.2. The number of benzene rings is 2. The summed E-state index contributed by atoms with van der Waals surface area (Å²) in [6.07, 6.45) is 5.16. The number of nitrogens with two attached hydrogens (primary N) is 2. The highest BCUT2D eigenvalue weighted by atomic mass is 19.4. The molecule has 0 aliphatic heterocycles. The van der Waals surface area contributed by atoms with Crippen LogP contribution in [0, 0.1) is 0 Å². The third-order valence-electron chi connectivity index (χ3n) is 6.86. The second kappa shape index (κ2) is 14.5. The molecule has 3 rings (SSSR count). The third-order valence-corrected chi connectivity index (χ3v) is 6.86. The van der Waals surface area contributed by atoms with Gasteiger partial charge in [0.25, 0.3) is 0 Å². The summed E-state index contributed by atoms with van der Waals surface area (Å²) in [4.78, 5) is 2.34. The number of rotatable bonds is 11. The molecule has 4 N–H and O–H groups in total. The zero-order valence-electron chi connectivity index (χ0n) is 20.8. The minimum Gasteiger partial charge on any atom is -0.302 e. The van der Waals surface area contributed by atoms with E-state index in [0.717, 1.165) is 38.5 Å². The Hall–Kier alpha value is -1.89. The number of aryl methyl sites for hydroxylation is 1. The van der Waals surface area contributed by atoms with Crippen molar-refractivity contribution in [2.45, 2.75) is 88.8 Å². The van der Waals surface area contributed by atoms with Crippen LogP contribution in [0.25, 0.3) is 0 Å². The monoisotopic (exact) mass is 477 g/mol. The van der Waals surface area contributed by atoms with E-state index in [1.54, 1.807) is 0 Å². The van der Waals surface area contributed by atoms with Gasteiger partial charge >= 0.3 is 6.18 Å². The first kappa shape index (κ1) is 28.3. The average molecular weight is 478 g/mol. The number of fused-ring (bicyclic) bond motifs is 1. The van der Waals surface area contributed by atoms with Gasteiger partial charge in [0, 0.05) is 18.4 Å². The molecule has 6 heteroatoms. The molecule has 34 heavy (non-hydrogen) atoms. The maximum Gasteiger partial charge on any atom is 0.389 e. The summed E-state index contributed by atoms with van der Waals surface area (Å²) in [5.74, 6) is 8.47. The molecule has 1 aliphatic carbocycles. The lowest BCUT2D eigenvalue weighted by Gasteiger charge is -2.35. The van der Waals surface area contributed by atoms with Gasteiger partial charge in [-0.05, 0) is 68.5 Å². The van der Waals surface area contributed by atoms with E-state index in [9.17, 15) is 13.2 Å². The van der Waals surface area contributed by atoms with E-state index in [0.29, 0.717) is 18.4 Å². The van der Waals surface area contributed by atoms with Crippen LogP contribution in [0.15, 0.2) is 48.5 Å². The van der Waals surface area contributed by atoms with Crippen molar-refractivity contribution in [2.75, 3.05) is 14.1 Å².